The largest absolute Gasteiger partial charge is 0.340 e. The molecule has 2 N–H and O–H groups in total. The van der Waals surface area contributed by atoms with Gasteiger partial charge in [-0.1, -0.05) is 0 Å². The fourth-order valence-electron chi connectivity index (χ4n) is 1.43. The van der Waals surface area contributed by atoms with E-state index in [1.165, 1.54) is 11.8 Å². The maximum Gasteiger partial charge on any atom is 0.240 e. The third kappa shape index (κ3) is 2.45. The Kier molecular flexibility index (Phi) is 3.16. The van der Waals surface area contributed by atoms with Crippen LogP contribution in [-0.2, 0) is 14.6 Å². The number of sulfone groups is 1. The topological polar surface area (TPSA) is 80.5 Å². The van der Waals surface area contributed by atoms with Gasteiger partial charge in [-0.2, -0.15) is 0 Å². The molecule has 2 unspecified atom stereocenters. The molecule has 5 nitrogen and oxygen atoms in total. The molecule has 1 saturated heterocycles. The van der Waals surface area contributed by atoms with Crippen molar-refractivity contribution < 1.29 is 13.2 Å². The van der Waals surface area contributed by atoms with E-state index in [0.29, 0.717) is 13.1 Å². The van der Waals surface area contributed by atoms with Gasteiger partial charge in [0.2, 0.25) is 5.91 Å². The van der Waals surface area contributed by atoms with E-state index in [1.807, 2.05) is 0 Å². The summed E-state index contributed by atoms with van der Waals surface area (Å²) in [5.41, 5.74) is 5.63. The molecule has 0 aromatic carbocycles. The fourth-order valence-corrected chi connectivity index (χ4v) is 1.94. The van der Waals surface area contributed by atoms with Crippen LogP contribution in [0.1, 0.15) is 13.3 Å². The number of hydrogen-bond donors (Lipinski definition) is 1. The summed E-state index contributed by atoms with van der Waals surface area (Å²) in [5.74, 6) is -0.333. The van der Waals surface area contributed by atoms with Gasteiger partial charge >= 0.3 is 0 Å². The normalized spacial score (nSPS) is 25.1. The number of likely N-dealkylation sites (tertiary alicyclic amines) is 1. The Hall–Kier alpha value is -0.620. The number of carbonyl (C=O) groups is 1. The molecule has 82 valence electrons. The highest BCUT2D eigenvalue weighted by molar-refractivity contribution is 7.92. The lowest BCUT2D eigenvalue weighted by molar-refractivity contribution is -0.129. The summed E-state index contributed by atoms with van der Waals surface area (Å²) in [4.78, 5) is 13.2. The summed E-state index contributed by atoms with van der Waals surface area (Å²) >= 11 is 0. The van der Waals surface area contributed by atoms with Crippen LogP contribution in [0.3, 0.4) is 0 Å². The first kappa shape index (κ1) is 11.5. The molecule has 0 spiro atoms. The third-order valence-corrected chi connectivity index (χ3v) is 4.01. The van der Waals surface area contributed by atoms with Crippen molar-refractivity contribution in [2.45, 2.75) is 24.6 Å². The van der Waals surface area contributed by atoms with Crippen molar-refractivity contribution in [1.82, 2.24) is 4.90 Å². The minimum Gasteiger partial charge on any atom is -0.340 e. The van der Waals surface area contributed by atoms with Gasteiger partial charge in [0.15, 0.2) is 9.84 Å². The maximum atomic E-state index is 11.6. The van der Waals surface area contributed by atoms with Crippen LogP contribution >= 0.6 is 0 Å². The average Bonchev–Trinajstić information content (AvgIpc) is 2.47. The van der Waals surface area contributed by atoms with Crippen LogP contribution in [-0.4, -0.2) is 49.9 Å². The maximum absolute atomic E-state index is 11.6. The van der Waals surface area contributed by atoms with Crippen LogP contribution in [0.5, 0.6) is 0 Å². The van der Waals surface area contributed by atoms with E-state index in [9.17, 15) is 13.2 Å². The first-order chi connectivity index (χ1) is 6.32. The number of carbonyl (C=O) groups excluding carboxylic acids is 1. The van der Waals surface area contributed by atoms with Gasteiger partial charge in [0.05, 0.1) is 0 Å². The van der Waals surface area contributed by atoms with Crippen LogP contribution in [0.15, 0.2) is 0 Å². The number of nitrogens with two attached hydrogens (primary N) is 1. The second-order valence-corrected chi connectivity index (χ2v) is 6.17. The van der Waals surface area contributed by atoms with Gasteiger partial charge in [-0.15, -0.1) is 0 Å². The predicted molar refractivity (Wildman–Crippen MR) is 53.5 cm³/mol. The Morgan fingerprint density at radius 2 is 2.14 bits per heavy atom. The van der Waals surface area contributed by atoms with Crippen molar-refractivity contribution in [3.05, 3.63) is 0 Å². The van der Waals surface area contributed by atoms with Crippen molar-refractivity contribution in [3.8, 4) is 0 Å². The van der Waals surface area contributed by atoms with Crippen LogP contribution in [0.4, 0.5) is 0 Å². The minimum atomic E-state index is -3.29. The first-order valence-corrected chi connectivity index (χ1v) is 6.51. The highest BCUT2D eigenvalue weighted by Gasteiger charge is 2.31. The lowest BCUT2D eigenvalue weighted by Crippen LogP contribution is -2.41. The van der Waals surface area contributed by atoms with E-state index in [0.717, 1.165) is 12.7 Å². The average molecular weight is 220 g/mol. The molecule has 0 saturated carbocycles. The molecule has 1 aliphatic rings. The van der Waals surface area contributed by atoms with E-state index < -0.39 is 15.1 Å². The van der Waals surface area contributed by atoms with Gasteiger partial charge in [-0.25, -0.2) is 8.42 Å². The summed E-state index contributed by atoms with van der Waals surface area (Å²) in [6.07, 6.45) is 1.83. The van der Waals surface area contributed by atoms with Crippen molar-refractivity contribution in [2.24, 2.45) is 5.73 Å². The Bertz CT molecular complexity index is 325. The molecule has 1 rings (SSSR count). The monoisotopic (exact) mass is 220 g/mol. The summed E-state index contributed by atoms with van der Waals surface area (Å²) in [7, 11) is -3.29. The standard InChI is InChI=1S/C8H16N2O3S/c1-6(14(2,12)13)8(11)10-4-3-7(9)5-10/h6-7H,3-5,9H2,1-2H3. The van der Waals surface area contributed by atoms with Gasteiger partial charge in [0, 0.05) is 25.4 Å². The van der Waals surface area contributed by atoms with Crippen LogP contribution in [0.2, 0.25) is 0 Å². The Morgan fingerprint density at radius 3 is 2.50 bits per heavy atom. The molecule has 1 heterocycles. The van der Waals surface area contributed by atoms with E-state index in [2.05, 4.69) is 0 Å². The van der Waals surface area contributed by atoms with Crippen LogP contribution in [0.25, 0.3) is 0 Å². The van der Waals surface area contributed by atoms with Crippen molar-refractivity contribution in [1.29, 1.82) is 0 Å². The van der Waals surface area contributed by atoms with Gasteiger partial charge in [0.25, 0.3) is 0 Å². The second kappa shape index (κ2) is 3.86. The summed E-state index contributed by atoms with van der Waals surface area (Å²) in [6, 6.07) is -0.00860. The van der Waals surface area contributed by atoms with Gasteiger partial charge in [0.1, 0.15) is 5.25 Å². The number of nitrogens with zero attached hydrogens (tertiary/aromatic N) is 1. The molecule has 2 atom stereocenters. The molecule has 6 heteroatoms. The second-order valence-electron chi connectivity index (χ2n) is 3.80. The van der Waals surface area contributed by atoms with E-state index in [4.69, 9.17) is 5.73 Å². The van der Waals surface area contributed by atoms with E-state index >= 15 is 0 Å². The van der Waals surface area contributed by atoms with Crippen molar-refractivity contribution >= 4 is 15.7 Å². The molecule has 0 aromatic rings. The Labute approximate surface area is 84.2 Å². The molecule has 0 aromatic heterocycles. The van der Waals surface area contributed by atoms with Gasteiger partial charge < -0.3 is 10.6 Å². The lowest BCUT2D eigenvalue weighted by Gasteiger charge is -2.19. The van der Waals surface area contributed by atoms with Crippen molar-refractivity contribution in [2.75, 3.05) is 19.3 Å². The highest BCUT2D eigenvalue weighted by Crippen LogP contribution is 2.11. The van der Waals surface area contributed by atoms with Crippen LogP contribution < -0.4 is 5.73 Å². The quantitative estimate of drug-likeness (QED) is 0.646. The first-order valence-electron chi connectivity index (χ1n) is 4.55. The highest BCUT2D eigenvalue weighted by atomic mass is 32.2. The Balaban J connectivity index is 2.67. The molecular weight excluding hydrogens is 204 g/mol. The summed E-state index contributed by atoms with van der Waals surface area (Å²) < 4.78 is 22.3. The Morgan fingerprint density at radius 1 is 1.57 bits per heavy atom. The van der Waals surface area contributed by atoms with Crippen molar-refractivity contribution in [3.63, 3.8) is 0 Å². The molecule has 0 aliphatic carbocycles. The van der Waals surface area contributed by atoms with Crippen LogP contribution in [0, 0.1) is 0 Å². The number of rotatable bonds is 2. The molecule has 14 heavy (non-hydrogen) atoms. The minimum absolute atomic E-state index is 0.00860. The number of amides is 1. The molecule has 1 aliphatic heterocycles. The summed E-state index contributed by atoms with van der Waals surface area (Å²) in [6.45, 7) is 2.46. The zero-order valence-corrected chi connectivity index (χ0v) is 9.25. The molecule has 0 bridgehead atoms. The molecule has 1 amide bonds. The zero-order valence-electron chi connectivity index (χ0n) is 8.43. The molecule has 1 fully saturated rings. The molecular formula is C8H16N2O3S. The number of hydrogen-bond acceptors (Lipinski definition) is 4. The smallest absolute Gasteiger partial charge is 0.240 e. The van der Waals surface area contributed by atoms with Gasteiger partial charge in [-0.3, -0.25) is 4.79 Å². The predicted octanol–water partition coefficient (Wildman–Crippen LogP) is -1.02. The third-order valence-electron chi connectivity index (χ3n) is 2.53. The van der Waals surface area contributed by atoms with E-state index in [-0.39, 0.29) is 11.9 Å². The zero-order chi connectivity index (χ0) is 10.9. The SMILES string of the molecule is CC(C(=O)N1CCC(N)C1)S(C)(=O)=O. The van der Waals surface area contributed by atoms with E-state index in [1.54, 1.807) is 0 Å². The molecule has 0 radical (unpaired) electrons. The summed E-state index contributed by atoms with van der Waals surface area (Å²) in [5, 5.41) is -0.951. The fraction of sp³-hybridized carbons (Fsp3) is 0.875. The lowest BCUT2D eigenvalue weighted by atomic mass is 10.3. The van der Waals surface area contributed by atoms with Gasteiger partial charge in [-0.05, 0) is 13.3 Å².